The molecule has 1 aromatic heterocycles. The number of aromatic nitrogens is 3. The van der Waals surface area contributed by atoms with E-state index in [0.717, 1.165) is 11.5 Å². The molecule has 2 aromatic rings. The lowest BCUT2D eigenvalue weighted by Gasteiger charge is -1.86. The molecule has 0 saturated heterocycles. The molecule has 0 aliphatic rings. The van der Waals surface area contributed by atoms with Gasteiger partial charge in [0.25, 0.3) is 5.82 Å². The van der Waals surface area contributed by atoms with Crippen LogP contribution in [0.15, 0.2) is 30.3 Å². The highest BCUT2D eigenvalue weighted by Gasteiger charge is 2.09. The topological polar surface area (TPSA) is 29.7 Å². The number of para-hydroxylation sites is 1. The van der Waals surface area contributed by atoms with E-state index in [-0.39, 0.29) is 12.4 Å². The lowest BCUT2D eigenvalue weighted by atomic mass is 10.3. The number of nitrogens with zero attached hydrogens (tertiary/aromatic N) is 3. The molecule has 0 fully saturated rings. The first kappa shape index (κ1) is 10.1. The Kier molecular flexibility index (Phi) is 3.33. The van der Waals surface area contributed by atoms with Crippen molar-refractivity contribution >= 4 is 11.7 Å². The maximum atomic E-state index is 4.20. The second-order valence-electron chi connectivity index (χ2n) is 2.43. The van der Waals surface area contributed by atoms with Crippen molar-refractivity contribution in [2.24, 2.45) is 0 Å². The lowest BCUT2D eigenvalue weighted by Crippen LogP contribution is -3.00. The maximum absolute atomic E-state index is 4.20. The Labute approximate surface area is 86.8 Å². The van der Waals surface area contributed by atoms with Crippen molar-refractivity contribution in [2.45, 2.75) is 6.92 Å². The molecule has 3 nitrogen and oxygen atoms in total. The molecule has 68 valence electrons. The first-order chi connectivity index (χ1) is 5.86. The minimum Gasteiger partial charge on any atom is -1.00 e. The summed E-state index contributed by atoms with van der Waals surface area (Å²) in [5.74, 6) is 0.809. The first-order valence-corrected chi connectivity index (χ1v) is 4.38. The molecule has 0 aliphatic carbocycles. The first-order valence-electron chi connectivity index (χ1n) is 3.65. The molecule has 2 rings (SSSR count). The third kappa shape index (κ3) is 2.23. The molecule has 5 heteroatoms. The Balaban J connectivity index is 0.000000845. The third-order valence-corrected chi connectivity index (χ3v) is 2.26. The zero-order valence-corrected chi connectivity index (χ0v) is 8.59. The fraction of sp³-hybridized carbons (Fsp3) is 0.125. The van der Waals surface area contributed by atoms with E-state index < -0.39 is 0 Å². The molecule has 0 bridgehead atoms. The van der Waals surface area contributed by atoms with Crippen LogP contribution in [0.2, 0.25) is 0 Å². The van der Waals surface area contributed by atoms with Gasteiger partial charge in [0.1, 0.15) is 0 Å². The molecule has 0 saturated carbocycles. The minimum atomic E-state index is 0. The van der Waals surface area contributed by atoms with Gasteiger partial charge in [-0.2, -0.15) is 0 Å². The van der Waals surface area contributed by atoms with Gasteiger partial charge in [0.2, 0.25) is 0 Å². The van der Waals surface area contributed by atoms with Crippen LogP contribution < -0.4 is 16.5 Å². The Bertz CT molecular complexity index is 374. The normalized spacial score (nSPS) is 9.31. The van der Waals surface area contributed by atoms with Crippen molar-refractivity contribution in [3.05, 3.63) is 36.2 Å². The molecular weight excluding hydrogens is 206 g/mol. The molecule has 0 atom stereocenters. The van der Waals surface area contributed by atoms with Crippen molar-refractivity contribution in [2.75, 3.05) is 0 Å². The van der Waals surface area contributed by atoms with E-state index in [2.05, 4.69) is 9.47 Å². The van der Waals surface area contributed by atoms with Crippen LogP contribution in [0.5, 0.6) is 0 Å². The van der Waals surface area contributed by atoms with E-state index in [1.807, 2.05) is 37.3 Å². The van der Waals surface area contributed by atoms with Gasteiger partial charge in [-0.25, -0.2) is 0 Å². The Morgan fingerprint density at radius 3 is 2.46 bits per heavy atom. The molecule has 0 radical (unpaired) electrons. The molecule has 0 aliphatic heterocycles. The van der Waals surface area contributed by atoms with Crippen LogP contribution in [0.4, 0.5) is 0 Å². The number of rotatable bonds is 1. The van der Waals surface area contributed by atoms with Crippen LogP contribution in [-0.4, -0.2) is 9.47 Å². The van der Waals surface area contributed by atoms with Gasteiger partial charge in [-0.15, -0.1) is 0 Å². The Morgan fingerprint density at radius 2 is 1.92 bits per heavy atom. The van der Waals surface area contributed by atoms with Crippen molar-refractivity contribution in [3.63, 3.8) is 0 Å². The molecule has 0 amide bonds. The SMILES string of the molecule is Cc1ns[n+](-c2ccccc2)n1.[Cl-]. The highest BCUT2D eigenvalue weighted by molar-refractivity contribution is 6.94. The van der Waals surface area contributed by atoms with Gasteiger partial charge in [-0.3, -0.25) is 0 Å². The second kappa shape index (κ2) is 4.30. The van der Waals surface area contributed by atoms with Gasteiger partial charge in [0.15, 0.2) is 5.69 Å². The molecule has 0 unspecified atom stereocenters. The van der Waals surface area contributed by atoms with E-state index >= 15 is 0 Å². The lowest BCUT2D eigenvalue weighted by molar-refractivity contribution is -0.588. The predicted molar refractivity (Wildman–Crippen MR) is 46.2 cm³/mol. The van der Waals surface area contributed by atoms with E-state index in [4.69, 9.17) is 0 Å². The number of hydrogen-bond acceptors (Lipinski definition) is 3. The van der Waals surface area contributed by atoms with Crippen molar-refractivity contribution in [1.29, 1.82) is 0 Å². The summed E-state index contributed by atoms with van der Waals surface area (Å²) in [7, 11) is 0. The van der Waals surface area contributed by atoms with E-state index in [0.29, 0.717) is 0 Å². The van der Waals surface area contributed by atoms with Gasteiger partial charge in [-0.1, -0.05) is 18.2 Å². The van der Waals surface area contributed by atoms with Crippen LogP contribution in [0.25, 0.3) is 5.69 Å². The number of benzene rings is 1. The average molecular weight is 214 g/mol. The second-order valence-corrected chi connectivity index (χ2v) is 3.12. The number of halogens is 1. The quantitative estimate of drug-likeness (QED) is 0.520. The standard InChI is InChI=1S/C8H8N3S.ClH/c1-7-9-11(12-10-7)8-5-3-2-4-6-8;/h2-6H,1H3;1H/q+1;/p-1. The summed E-state index contributed by atoms with van der Waals surface area (Å²) in [4.78, 5) is 0. The van der Waals surface area contributed by atoms with Crippen molar-refractivity contribution in [1.82, 2.24) is 9.47 Å². The summed E-state index contributed by atoms with van der Waals surface area (Å²) in [6.07, 6.45) is 0. The number of hydrogen-bond donors (Lipinski definition) is 0. The highest BCUT2D eigenvalue weighted by atomic mass is 35.5. The highest BCUT2D eigenvalue weighted by Crippen LogP contribution is 1.97. The zero-order valence-electron chi connectivity index (χ0n) is 7.01. The van der Waals surface area contributed by atoms with Crippen molar-refractivity contribution in [3.8, 4) is 5.69 Å². The summed E-state index contributed by atoms with van der Waals surface area (Å²) in [6, 6.07) is 9.96. The monoisotopic (exact) mass is 213 g/mol. The molecule has 1 heterocycles. The van der Waals surface area contributed by atoms with E-state index in [1.165, 1.54) is 11.7 Å². The summed E-state index contributed by atoms with van der Waals surface area (Å²) >= 11 is 1.36. The van der Waals surface area contributed by atoms with Crippen molar-refractivity contribution < 1.29 is 16.5 Å². The van der Waals surface area contributed by atoms with Gasteiger partial charge in [0, 0.05) is 11.3 Å². The van der Waals surface area contributed by atoms with Crippen LogP contribution in [0.3, 0.4) is 0 Å². The maximum Gasteiger partial charge on any atom is 0.307 e. The summed E-state index contributed by atoms with van der Waals surface area (Å²) in [5.41, 5.74) is 1.06. The smallest absolute Gasteiger partial charge is 0.307 e. The minimum absolute atomic E-state index is 0. The van der Waals surface area contributed by atoms with Crippen LogP contribution in [-0.2, 0) is 0 Å². The summed E-state index contributed by atoms with van der Waals surface area (Å²) < 4.78 is 5.89. The predicted octanol–water partition coefficient (Wildman–Crippen LogP) is -1.87. The summed E-state index contributed by atoms with van der Waals surface area (Å²) in [6.45, 7) is 1.88. The molecule has 13 heavy (non-hydrogen) atoms. The zero-order chi connectivity index (χ0) is 8.39. The molecule has 1 aromatic carbocycles. The average Bonchev–Trinajstić information content (AvgIpc) is 2.54. The Hall–Kier alpha value is -1.00. The molecular formula is C8H8ClN3S. The van der Waals surface area contributed by atoms with Gasteiger partial charge >= 0.3 is 11.7 Å². The fourth-order valence-corrected chi connectivity index (χ4v) is 1.53. The van der Waals surface area contributed by atoms with Crippen LogP contribution in [0, 0.1) is 6.92 Å². The van der Waals surface area contributed by atoms with E-state index in [1.54, 1.807) is 4.07 Å². The largest absolute Gasteiger partial charge is 1.00 e. The molecule has 0 N–H and O–H groups in total. The van der Waals surface area contributed by atoms with E-state index in [9.17, 15) is 0 Å². The van der Waals surface area contributed by atoms with Gasteiger partial charge in [0.05, 0.1) is 0 Å². The summed E-state index contributed by atoms with van der Waals surface area (Å²) in [5, 5.41) is 4.20. The Morgan fingerprint density at radius 1 is 1.23 bits per heavy atom. The van der Waals surface area contributed by atoms with Crippen LogP contribution in [0.1, 0.15) is 5.82 Å². The van der Waals surface area contributed by atoms with Gasteiger partial charge in [-0.05, 0) is 21.3 Å². The fourth-order valence-electron chi connectivity index (χ4n) is 0.926. The third-order valence-electron chi connectivity index (χ3n) is 1.46. The van der Waals surface area contributed by atoms with Gasteiger partial charge < -0.3 is 12.4 Å². The number of aryl methyl sites for hydroxylation is 1. The molecule has 0 spiro atoms. The van der Waals surface area contributed by atoms with Crippen LogP contribution >= 0.6 is 11.7 Å².